The fourth-order valence-corrected chi connectivity index (χ4v) is 3.57. The van der Waals surface area contributed by atoms with Gasteiger partial charge in [0, 0.05) is 10.9 Å². The molecule has 0 fully saturated rings. The van der Waals surface area contributed by atoms with E-state index >= 15 is 0 Å². The maximum atomic E-state index is 6.36. The van der Waals surface area contributed by atoms with E-state index in [-0.39, 0.29) is 6.04 Å². The Morgan fingerprint density at radius 3 is 2.42 bits per heavy atom. The van der Waals surface area contributed by atoms with Crippen molar-refractivity contribution in [3.63, 3.8) is 0 Å². The summed E-state index contributed by atoms with van der Waals surface area (Å²) < 4.78 is 0. The maximum absolute atomic E-state index is 6.36. The van der Waals surface area contributed by atoms with Crippen molar-refractivity contribution in [3.05, 3.63) is 21.9 Å². The molecule has 0 saturated carbocycles. The van der Waals surface area contributed by atoms with Crippen LogP contribution in [0.25, 0.3) is 0 Å². The number of thiophene rings is 1. The molecule has 2 unspecified atom stereocenters. The van der Waals surface area contributed by atoms with Gasteiger partial charge < -0.3 is 10.6 Å². The average molecular weight is 283 g/mol. The van der Waals surface area contributed by atoms with E-state index in [9.17, 15) is 0 Å². The molecule has 0 radical (unpaired) electrons. The third-order valence-electron chi connectivity index (χ3n) is 3.64. The molecular weight excluding hydrogens is 254 g/mol. The number of aryl methyl sites for hydroxylation is 1. The van der Waals surface area contributed by atoms with Gasteiger partial charge in [-0.2, -0.15) is 0 Å². The Bertz CT molecular complexity index is 362. The molecular formula is C15H29N3S. The Hall–Kier alpha value is -0.420. The van der Waals surface area contributed by atoms with E-state index in [1.807, 2.05) is 11.3 Å². The van der Waals surface area contributed by atoms with E-state index in [4.69, 9.17) is 5.73 Å². The van der Waals surface area contributed by atoms with Crippen molar-refractivity contribution in [2.45, 2.75) is 38.8 Å². The lowest BCUT2D eigenvalue weighted by atomic mass is 10.0. The van der Waals surface area contributed by atoms with Crippen LogP contribution in [0.2, 0.25) is 0 Å². The zero-order valence-corrected chi connectivity index (χ0v) is 13.8. The highest BCUT2D eigenvalue weighted by molar-refractivity contribution is 7.10. The first-order chi connectivity index (χ1) is 8.97. The Labute approximate surface area is 122 Å². The molecule has 3 nitrogen and oxygen atoms in total. The van der Waals surface area contributed by atoms with Gasteiger partial charge in [0.15, 0.2) is 0 Å². The first-order valence-electron chi connectivity index (χ1n) is 7.11. The second-order valence-corrected chi connectivity index (χ2v) is 6.57. The number of hydrogen-bond donors (Lipinski definition) is 1. The van der Waals surface area contributed by atoms with Gasteiger partial charge in [-0.25, -0.2) is 0 Å². The van der Waals surface area contributed by atoms with Crippen LogP contribution in [0, 0.1) is 6.92 Å². The molecule has 0 aliphatic carbocycles. The Morgan fingerprint density at radius 2 is 1.95 bits per heavy atom. The molecule has 4 heteroatoms. The molecule has 0 amide bonds. The highest BCUT2D eigenvalue weighted by Crippen LogP contribution is 2.31. The van der Waals surface area contributed by atoms with E-state index in [0.717, 1.165) is 19.5 Å². The lowest BCUT2D eigenvalue weighted by Gasteiger charge is -2.32. The second kappa shape index (κ2) is 8.00. The molecule has 1 heterocycles. The summed E-state index contributed by atoms with van der Waals surface area (Å²) in [5.74, 6) is 0. The summed E-state index contributed by atoms with van der Waals surface area (Å²) in [6.45, 7) is 6.58. The summed E-state index contributed by atoms with van der Waals surface area (Å²) in [6.07, 6.45) is 2.20. The number of hydrogen-bond acceptors (Lipinski definition) is 4. The van der Waals surface area contributed by atoms with Crippen LogP contribution in [0.3, 0.4) is 0 Å². The largest absolute Gasteiger partial charge is 0.326 e. The highest BCUT2D eigenvalue weighted by atomic mass is 32.1. The van der Waals surface area contributed by atoms with Crippen molar-refractivity contribution in [2.24, 2.45) is 5.73 Å². The zero-order valence-electron chi connectivity index (χ0n) is 13.0. The average Bonchev–Trinajstić information content (AvgIpc) is 2.75. The van der Waals surface area contributed by atoms with Crippen LogP contribution in [-0.2, 0) is 0 Å². The predicted octanol–water partition coefficient (Wildman–Crippen LogP) is 2.72. The Balaban J connectivity index is 2.72. The summed E-state index contributed by atoms with van der Waals surface area (Å²) in [6, 6.07) is 2.76. The van der Waals surface area contributed by atoms with Crippen LogP contribution in [-0.4, -0.2) is 50.1 Å². The molecule has 1 aromatic heterocycles. The van der Waals surface area contributed by atoms with Gasteiger partial charge in [0.2, 0.25) is 0 Å². The maximum Gasteiger partial charge on any atom is 0.0593 e. The zero-order chi connectivity index (χ0) is 14.4. The standard InChI is InChI=1S/C15H29N3S/c1-6-13(16)14(15-12(2)8-11-19-15)18(5)10-7-9-17(3)4/h8,11,13-14H,6-7,9-10,16H2,1-5H3. The highest BCUT2D eigenvalue weighted by Gasteiger charge is 2.25. The van der Waals surface area contributed by atoms with Gasteiger partial charge in [0.25, 0.3) is 0 Å². The minimum Gasteiger partial charge on any atom is -0.326 e. The third kappa shape index (κ3) is 4.88. The number of nitrogens with zero attached hydrogens (tertiary/aromatic N) is 2. The summed E-state index contributed by atoms with van der Waals surface area (Å²) in [5, 5.41) is 2.17. The fraction of sp³-hybridized carbons (Fsp3) is 0.733. The smallest absolute Gasteiger partial charge is 0.0593 e. The summed E-state index contributed by atoms with van der Waals surface area (Å²) in [4.78, 5) is 6.09. The van der Waals surface area contributed by atoms with Gasteiger partial charge in [-0.15, -0.1) is 11.3 Å². The van der Waals surface area contributed by atoms with E-state index in [1.54, 1.807) is 0 Å². The van der Waals surface area contributed by atoms with Crippen molar-refractivity contribution in [2.75, 3.05) is 34.2 Å². The van der Waals surface area contributed by atoms with Gasteiger partial charge in [0.05, 0.1) is 6.04 Å². The lowest BCUT2D eigenvalue weighted by Crippen LogP contribution is -2.39. The van der Waals surface area contributed by atoms with Crippen molar-refractivity contribution >= 4 is 11.3 Å². The molecule has 19 heavy (non-hydrogen) atoms. The molecule has 0 bridgehead atoms. The molecule has 0 spiro atoms. The molecule has 1 rings (SSSR count). The van der Waals surface area contributed by atoms with Crippen molar-refractivity contribution < 1.29 is 0 Å². The molecule has 110 valence electrons. The molecule has 2 atom stereocenters. The predicted molar refractivity (Wildman–Crippen MR) is 85.9 cm³/mol. The molecule has 0 saturated heterocycles. The molecule has 0 aliphatic rings. The number of likely N-dealkylation sites (N-methyl/N-ethyl adjacent to an activating group) is 1. The van der Waals surface area contributed by atoms with E-state index < -0.39 is 0 Å². The van der Waals surface area contributed by atoms with Gasteiger partial charge >= 0.3 is 0 Å². The van der Waals surface area contributed by atoms with Crippen LogP contribution in [0.5, 0.6) is 0 Å². The monoisotopic (exact) mass is 283 g/mol. The summed E-state index contributed by atoms with van der Waals surface area (Å²) in [5.41, 5.74) is 7.74. The van der Waals surface area contributed by atoms with Crippen molar-refractivity contribution in [3.8, 4) is 0 Å². The summed E-state index contributed by atoms with van der Waals surface area (Å²) >= 11 is 1.84. The number of rotatable bonds is 8. The normalized spacial score (nSPS) is 15.2. The topological polar surface area (TPSA) is 32.5 Å². The molecule has 2 N–H and O–H groups in total. The van der Waals surface area contributed by atoms with E-state index in [1.165, 1.54) is 16.9 Å². The van der Waals surface area contributed by atoms with Crippen LogP contribution in [0.4, 0.5) is 0 Å². The van der Waals surface area contributed by atoms with E-state index in [2.05, 4.69) is 56.2 Å². The minimum absolute atomic E-state index is 0.210. The first kappa shape index (κ1) is 16.6. The first-order valence-corrected chi connectivity index (χ1v) is 7.99. The molecule has 0 aliphatic heterocycles. The van der Waals surface area contributed by atoms with Crippen molar-refractivity contribution in [1.82, 2.24) is 9.80 Å². The van der Waals surface area contributed by atoms with Crippen molar-refractivity contribution in [1.29, 1.82) is 0 Å². The van der Waals surface area contributed by atoms with Crippen LogP contribution < -0.4 is 5.73 Å². The summed E-state index contributed by atoms with van der Waals surface area (Å²) in [7, 11) is 6.45. The van der Waals surface area contributed by atoms with E-state index in [0.29, 0.717) is 6.04 Å². The Kier molecular flexibility index (Phi) is 7.00. The van der Waals surface area contributed by atoms with Crippen LogP contribution >= 0.6 is 11.3 Å². The lowest BCUT2D eigenvalue weighted by molar-refractivity contribution is 0.202. The third-order valence-corrected chi connectivity index (χ3v) is 4.73. The fourth-order valence-electron chi connectivity index (χ4n) is 2.41. The Morgan fingerprint density at radius 1 is 1.26 bits per heavy atom. The SMILES string of the molecule is CCC(N)C(c1sccc1C)N(C)CCCN(C)C. The second-order valence-electron chi connectivity index (χ2n) is 5.62. The number of nitrogens with two attached hydrogens (primary N) is 1. The molecule has 0 aromatic carbocycles. The van der Waals surface area contributed by atoms with Gasteiger partial charge in [-0.1, -0.05) is 6.92 Å². The molecule has 1 aromatic rings. The van der Waals surface area contributed by atoms with Gasteiger partial charge in [-0.05, 0) is 71.0 Å². The van der Waals surface area contributed by atoms with Gasteiger partial charge in [0.1, 0.15) is 0 Å². The van der Waals surface area contributed by atoms with Crippen LogP contribution in [0.1, 0.15) is 36.2 Å². The quantitative estimate of drug-likeness (QED) is 0.796. The minimum atomic E-state index is 0.210. The van der Waals surface area contributed by atoms with Crippen LogP contribution in [0.15, 0.2) is 11.4 Å². The van der Waals surface area contributed by atoms with Gasteiger partial charge in [-0.3, -0.25) is 4.90 Å².